The van der Waals surface area contributed by atoms with Crippen LogP contribution in [-0.2, 0) is 14.8 Å². The molecule has 10 nitrogen and oxygen atoms in total. The molecular formula is C29H21Cl2N5O5S. The molecule has 0 fully saturated rings. The van der Waals surface area contributed by atoms with Gasteiger partial charge in [0.1, 0.15) is 5.82 Å². The molecule has 42 heavy (non-hydrogen) atoms. The molecule has 5 rings (SSSR count). The number of nitrogens with one attached hydrogen (secondary N) is 4. The Morgan fingerprint density at radius 1 is 0.881 bits per heavy atom. The zero-order chi connectivity index (χ0) is 29.9. The van der Waals surface area contributed by atoms with Gasteiger partial charge in [0.05, 0.1) is 31.5 Å². The summed E-state index contributed by atoms with van der Waals surface area (Å²) in [5.74, 6) is -0.708. The molecular weight excluding hydrogens is 601 g/mol. The van der Waals surface area contributed by atoms with Crippen molar-refractivity contribution in [3.63, 3.8) is 0 Å². The Morgan fingerprint density at radius 3 is 2.33 bits per heavy atom. The molecule has 0 unspecified atom stereocenters. The van der Waals surface area contributed by atoms with Crippen LogP contribution in [0, 0.1) is 0 Å². The number of carbonyl (C=O) groups excluding carboxylic acids is 2. The Hall–Kier alpha value is -4.68. The highest BCUT2D eigenvalue weighted by Gasteiger charge is 2.19. The van der Waals surface area contributed by atoms with Gasteiger partial charge in [-0.1, -0.05) is 47.5 Å². The number of para-hydroxylation sites is 2. The fourth-order valence-corrected chi connectivity index (χ4v) is 5.62. The van der Waals surface area contributed by atoms with Gasteiger partial charge in [0.2, 0.25) is 0 Å². The summed E-state index contributed by atoms with van der Waals surface area (Å²) in [5.41, 5.74) is 5.04. The number of rotatable bonds is 8. The maximum atomic E-state index is 13.0. The second-order valence-corrected chi connectivity index (χ2v) is 11.4. The topological polar surface area (TPSA) is 153 Å². The van der Waals surface area contributed by atoms with E-state index in [4.69, 9.17) is 28.4 Å². The summed E-state index contributed by atoms with van der Waals surface area (Å²) in [7, 11) is -4.04. The van der Waals surface area contributed by atoms with Crippen molar-refractivity contribution in [3.05, 3.63) is 112 Å². The number of aromatic nitrogens is 2. The number of hydrogen-bond donors (Lipinski definition) is 5. The van der Waals surface area contributed by atoms with Gasteiger partial charge in [-0.3, -0.25) is 19.5 Å². The Kier molecular flexibility index (Phi) is 8.27. The van der Waals surface area contributed by atoms with Gasteiger partial charge in [-0.2, -0.15) is 0 Å². The molecule has 13 heteroatoms. The molecule has 2 amide bonds. The minimum Gasteiger partial charge on any atom is -0.338 e. The number of H-pyrrole nitrogens is 1. The maximum Gasteiger partial charge on any atom is 0.267 e. The van der Waals surface area contributed by atoms with Crippen molar-refractivity contribution in [3.8, 4) is 11.4 Å². The minimum absolute atomic E-state index is 0.0653. The zero-order valence-electron chi connectivity index (χ0n) is 21.4. The van der Waals surface area contributed by atoms with Gasteiger partial charge in [0.25, 0.3) is 21.8 Å². The molecule has 0 saturated heterocycles. The number of imidazole rings is 1. The lowest BCUT2D eigenvalue weighted by Crippen LogP contribution is -2.15. The normalized spacial score (nSPS) is 11.5. The summed E-state index contributed by atoms with van der Waals surface area (Å²) in [5, 5.41) is 11.7. The molecule has 0 aliphatic heterocycles. The van der Waals surface area contributed by atoms with Crippen LogP contribution in [-0.4, -0.2) is 35.4 Å². The third-order valence-electron chi connectivity index (χ3n) is 6.06. The number of amides is 2. The van der Waals surface area contributed by atoms with Crippen LogP contribution in [0.4, 0.5) is 11.4 Å². The minimum atomic E-state index is -4.04. The first kappa shape index (κ1) is 28.8. The Labute approximate surface area is 250 Å². The molecule has 0 saturated carbocycles. The summed E-state index contributed by atoms with van der Waals surface area (Å²) < 4.78 is 28.3. The average Bonchev–Trinajstić information content (AvgIpc) is 3.41. The van der Waals surface area contributed by atoms with Gasteiger partial charge in [-0.25, -0.2) is 18.9 Å². The quantitative estimate of drug-likeness (QED) is 0.0800. The number of aromatic amines is 1. The van der Waals surface area contributed by atoms with E-state index in [2.05, 4.69) is 20.0 Å². The number of benzene rings is 4. The molecule has 5 aromatic rings. The molecule has 4 aromatic carbocycles. The average molecular weight is 622 g/mol. The predicted molar refractivity (Wildman–Crippen MR) is 162 cm³/mol. The SMILES string of the molecule is O=C(C=Cc1ccc(NS(=O)(=O)c2ccc(C(=O)Nc3ccc(Cl)c(-c4nc5ccccc5[nH]4)c3)c(Cl)c2)cc1)NO. The van der Waals surface area contributed by atoms with Crippen molar-refractivity contribution in [2.45, 2.75) is 4.90 Å². The van der Waals surface area contributed by atoms with E-state index in [-0.39, 0.29) is 21.2 Å². The molecule has 0 radical (unpaired) electrons. The number of fused-ring (bicyclic) bond motifs is 1. The van der Waals surface area contributed by atoms with Crippen molar-refractivity contribution < 1.29 is 23.2 Å². The number of hydrogen-bond acceptors (Lipinski definition) is 6. The van der Waals surface area contributed by atoms with Gasteiger partial charge in [-0.15, -0.1) is 0 Å². The van der Waals surface area contributed by atoms with E-state index < -0.39 is 21.8 Å². The van der Waals surface area contributed by atoms with Gasteiger partial charge in [0.15, 0.2) is 0 Å². The number of halogens is 2. The van der Waals surface area contributed by atoms with Crippen molar-refractivity contribution in [1.82, 2.24) is 15.4 Å². The summed E-state index contributed by atoms with van der Waals surface area (Å²) in [6.07, 6.45) is 2.56. The lowest BCUT2D eigenvalue weighted by molar-refractivity contribution is -0.124. The Bertz CT molecular complexity index is 1920. The summed E-state index contributed by atoms with van der Waals surface area (Å²) in [6, 6.07) is 22.4. The van der Waals surface area contributed by atoms with Crippen LogP contribution >= 0.6 is 23.2 Å². The second kappa shape index (κ2) is 12.0. The summed E-state index contributed by atoms with van der Waals surface area (Å²) >= 11 is 12.8. The first-order valence-corrected chi connectivity index (χ1v) is 14.5. The molecule has 0 spiro atoms. The van der Waals surface area contributed by atoms with Gasteiger partial charge < -0.3 is 10.3 Å². The lowest BCUT2D eigenvalue weighted by atomic mass is 10.1. The summed E-state index contributed by atoms with van der Waals surface area (Å²) in [6.45, 7) is 0. The van der Waals surface area contributed by atoms with E-state index in [1.807, 2.05) is 24.3 Å². The third-order valence-corrected chi connectivity index (χ3v) is 8.09. The van der Waals surface area contributed by atoms with Crippen LogP contribution in [0.3, 0.4) is 0 Å². The van der Waals surface area contributed by atoms with E-state index in [1.165, 1.54) is 41.9 Å². The van der Waals surface area contributed by atoms with Crippen molar-refractivity contribution in [1.29, 1.82) is 0 Å². The van der Waals surface area contributed by atoms with Gasteiger partial charge >= 0.3 is 0 Å². The van der Waals surface area contributed by atoms with Crippen LogP contribution in [0.1, 0.15) is 15.9 Å². The number of nitrogens with zero attached hydrogens (tertiary/aromatic N) is 1. The van der Waals surface area contributed by atoms with Crippen LogP contribution in [0.15, 0.2) is 95.9 Å². The van der Waals surface area contributed by atoms with E-state index in [0.29, 0.717) is 27.7 Å². The van der Waals surface area contributed by atoms with E-state index >= 15 is 0 Å². The number of sulfonamides is 1. The summed E-state index contributed by atoms with van der Waals surface area (Å²) in [4.78, 5) is 31.8. The van der Waals surface area contributed by atoms with Gasteiger partial charge in [-0.05, 0) is 72.3 Å². The molecule has 1 heterocycles. The van der Waals surface area contributed by atoms with Crippen molar-refractivity contribution >= 4 is 73.5 Å². The number of anilines is 2. The largest absolute Gasteiger partial charge is 0.338 e. The third kappa shape index (κ3) is 6.45. The van der Waals surface area contributed by atoms with Crippen molar-refractivity contribution in [2.24, 2.45) is 0 Å². The van der Waals surface area contributed by atoms with E-state index in [9.17, 15) is 18.0 Å². The molecule has 0 atom stereocenters. The lowest BCUT2D eigenvalue weighted by Gasteiger charge is -2.12. The highest BCUT2D eigenvalue weighted by atomic mass is 35.5. The molecule has 0 aliphatic rings. The van der Waals surface area contributed by atoms with E-state index in [0.717, 1.165) is 17.1 Å². The van der Waals surface area contributed by atoms with Crippen LogP contribution in [0.5, 0.6) is 0 Å². The first-order valence-electron chi connectivity index (χ1n) is 12.2. The zero-order valence-corrected chi connectivity index (χ0v) is 23.8. The Morgan fingerprint density at radius 2 is 1.62 bits per heavy atom. The molecule has 0 bridgehead atoms. The molecule has 5 N–H and O–H groups in total. The monoisotopic (exact) mass is 621 g/mol. The van der Waals surface area contributed by atoms with Crippen LogP contribution in [0.25, 0.3) is 28.5 Å². The fourth-order valence-electron chi connectivity index (χ4n) is 4.00. The fraction of sp³-hybridized carbons (Fsp3) is 0. The molecule has 212 valence electrons. The maximum absolute atomic E-state index is 13.0. The molecule has 1 aromatic heterocycles. The highest BCUT2D eigenvalue weighted by molar-refractivity contribution is 7.92. The van der Waals surface area contributed by atoms with Crippen molar-refractivity contribution in [2.75, 3.05) is 10.0 Å². The smallest absolute Gasteiger partial charge is 0.267 e. The second-order valence-electron chi connectivity index (χ2n) is 8.93. The predicted octanol–water partition coefficient (Wildman–Crippen LogP) is 6.11. The Balaban J connectivity index is 1.30. The van der Waals surface area contributed by atoms with E-state index in [1.54, 1.807) is 30.3 Å². The van der Waals surface area contributed by atoms with Gasteiger partial charge in [0, 0.05) is 23.0 Å². The molecule has 0 aliphatic carbocycles. The van der Waals surface area contributed by atoms with Crippen LogP contribution < -0.4 is 15.5 Å². The standard InChI is InChI=1S/C29H21Cl2N5O5S/c30-23-13-10-19(15-22(23)28-33-25-3-1-2-4-26(25)34-28)32-29(38)21-12-11-20(16-24(21)31)42(40,41)36-18-8-5-17(6-9-18)7-14-27(37)35-39/h1-16,36,39H,(H,32,38)(H,33,34)(H,35,37). The number of hydroxylamine groups is 1. The first-order chi connectivity index (χ1) is 20.1. The van der Waals surface area contributed by atoms with Crippen LogP contribution in [0.2, 0.25) is 10.0 Å². The highest BCUT2D eigenvalue weighted by Crippen LogP contribution is 2.31. The number of carbonyl (C=O) groups is 2.